The van der Waals surface area contributed by atoms with E-state index in [0.29, 0.717) is 19.7 Å². The zero-order valence-electron chi connectivity index (χ0n) is 14.9. The van der Waals surface area contributed by atoms with Crippen molar-refractivity contribution in [3.05, 3.63) is 60.2 Å². The fourth-order valence-electron chi connectivity index (χ4n) is 2.54. The maximum absolute atomic E-state index is 10.3. The Hall–Kier alpha value is -2.08. The number of hydrogen-bond acceptors (Lipinski definition) is 5. The number of aliphatic hydroxyl groups is 1. The Morgan fingerprint density at radius 3 is 2.48 bits per heavy atom. The molecule has 0 spiro atoms. The van der Waals surface area contributed by atoms with Crippen LogP contribution in [0.1, 0.15) is 5.56 Å². The van der Waals surface area contributed by atoms with E-state index in [1.807, 2.05) is 48.5 Å². The number of rotatable bonds is 11. The molecule has 0 aliphatic rings. The highest BCUT2D eigenvalue weighted by Crippen LogP contribution is 2.15. The molecule has 0 saturated carbocycles. The molecule has 0 radical (unpaired) electrons. The van der Waals surface area contributed by atoms with Crippen LogP contribution in [0.3, 0.4) is 0 Å². The van der Waals surface area contributed by atoms with Gasteiger partial charge in [0.1, 0.15) is 24.2 Å². The van der Waals surface area contributed by atoms with Gasteiger partial charge in [0, 0.05) is 26.7 Å². The number of hydrogen-bond donors (Lipinski definition) is 1. The summed E-state index contributed by atoms with van der Waals surface area (Å²) >= 11 is 0. The fourth-order valence-corrected chi connectivity index (χ4v) is 2.54. The molecule has 2 aromatic rings. The Balaban J connectivity index is 1.89. The average molecular weight is 345 g/mol. The number of para-hydroxylation sites is 1. The normalized spacial score (nSPS) is 12.2. The molecule has 0 bridgehead atoms. The third kappa shape index (κ3) is 7.13. The van der Waals surface area contributed by atoms with Gasteiger partial charge in [-0.25, -0.2) is 0 Å². The van der Waals surface area contributed by atoms with Gasteiger partial charge in [0.25, 0.3) is 0 Å². The lowest BCUT2D eigenvalue weighted by Crippen LogP contribution is -2.37. The molecule has 0 aliphatic heterocycles. The molecule has 2 aromatic carbocycles. The molecule has 0 saturated heterocycles. The van der Waals surface area contributed by atoms with Gasteiger partial charge in [0.05, 0.1) is 13.7 Å². The molecule has 136 valence electrons. The largest absolute Gasteiger partial charge is 0.497 e. The molecule has 1 unspecified atom stereocenters. The van der Waals surface area contributed by atoms with E-state index in [0.717, 1.165) is 23.6 Å². The number of ether oxygens (including phenoxy) is 3. The Morgan fingerprint density at radius 2 is 1.76 bits per heavy atom. The summed E-state index contributed by atoms with van der Waals surface area (Å²) in [5.41, 5.74) is 1.13. The zero-order chi connectivity index (χ0) is 17.9. The summed E-state index contributed by atoms with van der Waals surface area (Å²) in [6.07, 6.45) is -0.581. The van der Waals surface area contributed by atoms with Crippen LogP contribution in [0.25, 0.3) is 0 Å². The summed E-state index contributed by atoms with van der Waals surface area (Å²) in [7, 11) is 3.34. The maximum atomic E-state index is 10.3. The minimum absolute atomic E-state index is 0.256. The highest BCUT2D eigenvalue weighted by Gasteiger charge is 2.13. The first kappa shape index (κ1) is 19.2. The fraction of sp³-hybridized carbons (Fsp3) is 0.400. The molecule has 1 atom stereocenters. The summed E-state index contributed by atoms with van der Waals surface area (Å²) in [4.78, 5) is 2.15. The van der Waals surface area contributed by atoms with E-state index in [-0.39, 0.29) is 6.61 Å². The van der Waals surface area contributed by atoms with Crippen LogP contribution in [0, 0.1) is 0 Å². The smallest absolute Gasteiger partial charge is 0.119 e. The molecule has 5 heteroatoms. The minimum atomic E-state index is -0.581. The van der Waals surface area contributed by atoms with Crippen molar-refractivity contribution in [3.8, 4) is 11.5 Å². The van der Waals surface area contributed by atoms with Crippen molar-refractivity contribution in [3.63, 3.8) is 0 Å². The van der Waals surface area contributed by atoms with Gasteiger partial charge in [-0.1, -0.05) is 30.3 Å². The van der Waals surface area contributed by atoms with E-state index in [9.17, 15) is 5.11 Å². The van der Waals surface area contributed by atoms with E-state index in [2.05, 4.69) is 11.0 Å². The second-order valence-electron chi connectivity index (χ2n) is 5.86. The topological polar surface area (TPSA) is 51.2 Å². The van der Waals surface area contributed by atoms with Crippen LogP contribution in [0.2, 0.25) is 0 Å². The van der Waals surface area contributed by atoms with E-state index in [1.54, 1.807) is 14.2 Å². The summed E-state index contributed by atoms with van der Waals surface area (Å²) < 4.78 is 16.1. The molecule has 2 rings (SSSR count). The standard InChI is InChI=1S/C20H27NO4/c1-23-12-11-21(14-17-7-6-10-20(13-17)24-2)15-18(22)16-25-19-8-4-3-5-9-19/h3-10,13,18,22H,11-12,14-16H2,1-2H3. The van der Waals surface area contributed by atoms with E-state index in [4.69, 9.17) is 14.2 Å². The molecular weight excluding hydrogens is 318 g/mol. The number of nitrogens with zero attached hydrogens (tertiary/aromatic N) is 1. The Bertz CT molecular complexity index is 606. The van der Waals surface area contributed by atoms with Gasteiger partial charge in [-0.05, 0) is 29.8 Å². The van der Waals surface area contributed by atoms with Crippen LogP contribution in [0.4, 0.5) is 0 Å². The van der Waals surface area contributed by atoms with Gasteiger partial charge in [0.15, 0.2) is 0 Å². The van der Waals surface area contributed by atoms with Crippen molar-refractivity contribution >= 4 is 0 Å². The first-order chi connectivity index (χ1) is 12.2. The predicted molar refractivity (Wildman–Crippen MR) is 98.1 cm³/mol. The predicted octanol–water partition coefficient (Wildman–Crippen LogP) is 2.58. The quantitative estimate of drug-likeness (QED) is 0.678. The molecule has 0 aliphatic carbocycles. The number of benzene rings is 2. The molecule has 0 aromatic heterocycles. The first-order valence-electron chi connectivity index (χ1n) is 8.41. The second kappa shape index (κ2) is 10.7. The molecule has 5 nitrogen and oxygen atoms in total. The van der Waals surface area contributed by atoms with Crippen molar-refractivity contribution in [2.45, 2.75) is 12.6 Å². The van der Waals surface area contributed by atoms with Crippen molar-refractivity contribution in [1.29, 1.82) is 0 Å². The SMILES string of the molecule is COCCN(Cc1cccc(OC)c1)CC(O)COc1ccccc1. The van der Waals surface area contributed by atoms with Crippen LogP contribution in [0.5, 0.6) is 11.5 Å². The van der Waals surface area contributed by atoms with E-state index < -0.39 is 6.10 Å². The number of methoxy groups -OCH3 is 2. The maximum Gasteiger partial charge on any atom is 0.119 e. The molecule has 0 heterocycles. The summed E-state index contributed by atoms with van der Waals surface area (Å²) in [6.45, 7) is 2.81. The molecule has 1 N–H and O–H groups in total. The van der Waals surface area contributed by atoms with E-state index >= 15 is 0 Å². The average Bonchev–Trinajstić information content (AvgIpc) is 2.65. The van der Waals surface area contributed by atoms with Crippen molar-refractivity contribution in [1.82, 2.24) is 4.90 Å². The molecule has 0 fully saturated rings. The van der Waals surface area contributed by atoms with Gasteiger partial charge < -0.3 is 19.3 Å². The summed E-state index contributed by atoms with van der Waals surface area (Å²) in [5.74, 6) is 1.59. The van der Waals surface area contributed by atoms with Gasteiger partial charge in [-0.2, -0.15) is 0 Å². The van der Waals surface area contributed by atoms with Crippen molar-refractivity contribution < 1.29 is 19.3 Å². The van der Waals surface area contributed by atoms with Gasteiger partial charge in [0.2, 0.25) is 0 Å². The van der Waals surface area contributed by atoms with Gasteiger partial charge >= 0.3 is 0 Å². The molecular formula is C20H27NO4. The first-order valence-corrected chi connectivity index (χ1v) is 8.41. The van der Waals surface area contributed by atoms with Crippen LogP contribution in [-0.4, -0.2) is 56.6 Å². The van der Waals surface area contributed by atoms with Gasteiger partial charge in [-0.3, -0.25) is 4.90 Å². The van der Waals surface area contributed by atoms with Crippen LogP contribution >= 0.6 is 0 Å². The Kier molecular flexibility index (Phi) is 8.25. The van der Waals surface area contributed by atoms with Crippen LogP contribution in [-0.2, 0) is 11.3 Å². The van der Waals surface area contributed by atoms with Crippen LogP contribution < -0.4 is 9.47 Å². The summed E-state index contributed by atoms with van der Waals surface area (Å²) in [5, 5.41) is 10.3. The molecule has 25 heavy (non-hydrogen) atoms. The van der Waals surface area contributed by atoms with Gasteiger partial charge in [-0.15, -0.1) is 0 Å². The minimum Gasteiger partial charge on any atom is -0.497 e. The summed E-state index contributed by atoms with van der Waals surface area (Å²) in [6, 6.07) is 17.5. The Morgan fingerprint density at radius 1 is 1.00 bits per heavy atom. The highest BCUT2D eigenvalue weighted by molar-refractivity contribution is 5.28. The third-order valence-corrected chi connectivity index (χ3v) is 3.81. The highest BCUT2D eigenvalue weighted by atomic mass is 16.5. The lowest BCUT2D eigenvalue weighted by Gasteiger charge is -2.25. The molecule has 0 amide bonds. The lowest BCUT2D eigenvalue weighted by atomic mass is 10.2. The lowest BCUT2D eigenvalue weighted by molar-refractivity contribution is 0.0542. The monoisotopic (exact) mass is 345 g/mol. The second-order valence-corrected chi connectivity index (χ2v) is 5.86. The van der Waals surface area contributed by atoms with E-state index in [1.165, 1.54) is 0 Å². The third-order valence-electron chi connectivity index (χ3n) is 3.81. The van der Waals surface area contributed by atoms with Crippen molar-refractivity contribution in [2.75, 3.05) is 40.5 Å². The Labute approximate surface area is 149 Å². The van der Waals surface area contributed by atoms with Crippen LogP contribution in [0.15, 0.2) is 54.6 Å². The zero-order valence-corrected chi connectivity index (χ0v) is 14.9. The van der Waals surface area contributed by atoms with Crippen molar-refractivity contribution in [2.24, 2.45) is 0 Å². The number of aliphatic hydroxyl groups excluding tert-OH is 1.